The van der Waals surface area contributed by atoms with E-state index >= 15 is 0 Å². The number of carboxylic acids is 1. The predicted octanol–water partition coefficient (Wildman–Crippen LogP) is 2.15. The van der Waals surface area contributed by atoms with Crippen LogP contribution in [0.5, 0.6) is 5.75 Å². The molecule has 0 aliphatic carbocycles. The first-order valence-corrected chi connectivity index (χ1v) is 7.08. The van der Waals surface area contributed by atoms with E-state index in [-0.39, 0.29) is 12.5 Å². The maximum atomic E-state index is 12.4. The lowest BCUT2D eigenvalue weighted by Crippen LogP contribution is -2.53. The van der Waals surface area contributed by atoms with Gasteiger partial charge in [0.1, 0.15) is 23.8 Å². The van der Waals surface area contributed by atoms with E-state index in [4.69, 9.17) is 4.74 Å². The molecule has 1 amide bonds. The first-order chi connectivity index (χ1) is 9.78. The average molecular weight is 291 g/mol. The molecule has 1 heterocycles. The molecule has 0 radical (unpaired) electrons. The lowest BCUT2D eigenvalue weighted by Gasteiger charge is -2.26. The first kappa shape index (κ1) is 15.4. The van der Waals surface area contributed by atoms with Gasteiger partial charge in [-0.2, -0.15) is 0 Å². The maximum Gasteiger partial charge on any atom is 0.329 e. The summed E-state index contributed by atoms with van der Waals surface area (Å²) >= 11 is 0. The van der Waals surface area contributed by atoms with E-state index in [1.165, 1.54) is 6.92 Å². The van der Waals surface area contributed by atoms with Crippen molar-refractivity contribution in [1.82, 2.24) is 5.32 Å². The average Bonchev–Trinajstić information content (AvgIpc) is 2.81. The Balaban J connectivity index is 2.25. The highest BCUT2D eigenvalue weighted by atomic mass is 16.5. The molecule has 0 bridgehead atoms. The topological polar surface area (TPSA) is 75.6 Å². The first-order valence-electron chi connectivity index (χ1n) is 7.08. The van der Waals surface area contributed by atoms with E-state index < -0.39 is 17.4 Å². The van der Waals surface area contributed by atoms with Crippen molar-refractivity contribution in [2.45, 2.75) is 45.6 Å². The molecule has 0 saturated carbocycles. The highest BCUT2D eigenvalue weighted by Crippen LogP contribution is 2.36. The van der Waals surface area contributed by atoms with Gasteiger partial charge in [-0.1, -0.05) is 13.0 Å². The Morgan fingerprint density at radius 2 is 2.00 bits per heavy atom. The van der Waals surface area contributed by atoms with Crippen LogP contribution in [0.1, 0.15) is 42.9 Å². The third-order valence-electron chi connectivity index (χ3n) is 4.30. The Morgan fingerprint density at radius 3 is 2.57 bits per heavy atom. The van der Waals surface area contributed by atoms with E-state index in [2.05, 4.69) is 5.32 Å². The van der Waals surface area contributed by atoms with Crippen LogP contribution in [-0.4, -0.2) is 29.1 Å². The molecular formula is C16H21NO4. The third-order valence-corrected chi connectivity index (χ3v) is 4.30. The van der Waals surface area contributed by atoms with Gasteiger partial charge >= 0.3 is 5.97 Å². The SMILES string of the molecule is CCC(C)(NC(=O)C1COc2cc(C)c(C)cc21)C(=O)O. The fourth-order valence-corrected chi connectivity index (χ4v) is 2.34. The summed E-state index contributed by atoms with van der Waals surface area (Å²) < 4.78 is 5.57. The van der Waals surface area contributed by atoms with Crippen LogP contribution in [0.3, 0.4) is 0 Å². The molecule has 5 heteroatoms. The fourth-order valence-electron chi connectivity index (χ4n) is 2.34. The van der Waals surface area contributed by atoms with Gasteiger partial charge in [0.15, 0.2) is 0 Å². The van der Waals surface area contributed by atoms with Gasteiger partial charge in [0.25, 0.3) is 0 Å². The number of fused-ring (bicyclic) bond motifs is 1. The second-order valence-electron chi connectivity index (χ2n) is 5.82. The molecule has 5 nitrogen and oxygen atoms in total. The number of hydrogen-bond donors (Lipinski definition) is 2. The second kappa shape index (κ2) is 5.39. The molecule has 0 saturated heterocycles. The van der Waals surface area contributed by atoms with Crippen LogP contribution in [-0.2, 0) is 9.59 Å². The number of carbonyl (C=O) groups is 2. The Bertz CT molecular complexity index is 596. The van der Waals surface area contributed by atoms with Gasteiger partial charge in [-0.25, -0.2) is 4.79 Å². The molecule has 1 aliphatic rings. The van der Waals surface area contributed by atoms with Crippen LogP contribution in [0.2, 0.25) is 0 Å². The zero-order chi connectivity index (χ0) is 15.8. The van der Waals surface area contributed by atoms with E-state index in [0.717, 1.165) is 16.7 Å². The van der Waals surface area contributed by atoms with Crippen molar-refractivity contribution >= 4 is 11.9 Å². The molecule has 114 valence electrons. The molecule has 2 rings (SSSR count). The highest BCUT2D eigenvalue weighted by Gasteiger charge is 2.38. The minimum Gasteiger partial charge on any atom is -0.492 e. The molecule has 1 aliphatic heterocycles. The summed E-state index contributed by atoms with van der Waals surface area (Å²) in [5.41, 5.74) is 1.78. The van der Waals surface area contributed by atoms with Crippen LogP contribution in [0.15, 0.2) is 12.1 Å². The largest absolute Gasteiger partial charge is 0.492 e. The number of benzene rings is 1. The van der Waals surface area contributed by atoms with Gasteiger partial charge in [-0.15, -0.1) is 0 Å². The number of ether oxygens (including phenoxy) is 1. The normalized spacial score (nSPS) is 19.3. The lowest BCUT2D eigenvalue weighted by molar-refractivity contribution is -0.147. The molecule has 0 aromatic heterocycles. The summed E-state index contributed by atoms with van der Waals surface area (Å²) in [6.45, 7) is 7.48. The number of aliphatic carboxylic acids is 1. The molecule has 0 spiro atoms. The van der Waals surface area contributed by atoms with Gasteiger partial charge in [0, 0.05) is 5.56 Å². The number of carboxylic acid groups (broad SMARTS) is 1. The maximum absolute atomic E-state index is 12.4. The van der Waals surface area contributed by atoms with E-state index in [1.54, 1.807) is 6.92 Å². The molecule has 1 aromatic rings. The molecule has 2 atom stereocenters. The molecule has 1 aromatic carbocycles. The quantitative estimate of drug-likeness (QED) is 0.891. The monoisotopic (exact) mass is 291 g/mol. The molecular weight excluding hydrogens is 270 g/mol. The summed E-state index contributed by atoms with van der Waals surface area (Å²) in [6.07, 6.45) is 0.321. The summed E-state index contributed by atoms with van der Waals surface area (Å²) in [7, 11) is 0. The highest BCUT2D eigenvalue weighted by molar-refractivity contribution is 5.91. The minimum atomic E-state index is -1.25. The fraction of sp³-hybridized carbons (Fsp3) is 0.500. The van der Waals surface area contributed by atoms with Crippen LogP contribution >= 0.6 is 0 Å². The standard InChI is InChI=1S/C16H21NO4/c1-5-16(4,15(19)20)17-14(18)12-8-21-13-7-10(3)9(2)6-11(12)13/h6-7,12H,5,8H2,1-4H3,(H,17,18)(H,19,20). The van der Waals surface area contributed by atoms with Gasteiger partial charge in [0.2, 0.25) is 5.91 Å². The van der Waals surface area contributed by atoms with Crippen LogP contribution in [0, 0.1) is 13.8 Å². The zero-order valence-corrected chi connectivity index (χ0v) is 12.8. The van der Waals surface area contributed by atoms with Crippen molar-refractivity contribution in [3.8, 4) is 5.75 Å². The smallest absolute Gasteiger partial charge is 0.329 e. The van der Waals surface area contributed by atoms with Crippen molar-refractivity contribution in [1.29, 1.82) is 0 Å². The third kappa shape index (κ3) is 2.73. The molecule has 0 fully saturated rings. The van der Waals surface area contributed by atoms with Crippen LogP contribution in [0.25, 0.3) is 0 Å². The number of hydrogen-bond acceptors (Lipinski definition) is 3. The van der Waals surface area contributed by atoms with Crippen LogP contribution in [0.4, 0.5) is 0 Å². The summed E-state index contributed by atoms with van der Waals surface area (Å²) in [5.74, 6) is -1.07. The number of aryl methyl sites for hydroxylation is 2. The number of amides is 1. The van der Waals surface area contributed by atoms with Gasteiger partial charge in [-0.05, 0) is 44.4 Å². The number of carbonyl (C=O) groups excluding carboxylic acids is 1. The summed E-state index contributed by atoms with van der Waals surface area (Å²) in [6, 6.07) is 3.88. The second-order valence-corrected chi connectivity index (χ2v) is 5.82. The summed E-state index contributed by atoms with van der Waals surface area (Å²) in [4.78, 5) is 23.7. The van der Waals surface area contributed by atoms with E-state index in [0.29, 0.717) is 12.2 Å². The molecule has 2 N–H and O–H groups in total. The Labute approximate surface area is 124 Å². The predicted molar refractivity (Wildman–Crippen MR) is 78.6 cm³/mol. The Kier molecular flexibility index (Phi) is 3.94. The number of rotatable bonds is 4. The van der Waals surface area contributed by atoms with E-state index in [9.17, 15) is 14.7 Å². The number of nitrogens with one attached hydrogen (secondary N) is 1. The van der Waals surface area contributed by atoms with Gasteiger partial charge in [-0.3, -0.25) is 4.79 Å². The Hall–Kier alpha value is -2.04. The lowest BCUT2D eigenvalue weighted by atomic mass is 9.93. The van der Waals surface area contributed by atoms with Crippen LogP contribution < -0.4 is 10.1 Å². The van der Waals surface area contributed by atoms with Crippen molar-refractivity contribution in [3.05, 3.63) is 28.8 Å². The van der Waals surface area contributed by atoms with Crippen molar-refractivity contribution in [2.75, 3.05) is 6.61 Å². The molecule has 2 unspecified atom stereocenters. The van der Waals surface area contributed by atoms with Crippen molar-refractivity contribution in [3.63, 3.8) is 0 Å². The van der Waals surface area contributed by atoms with Gasteiger partial charge in [0.05, 0.1) is 0 Å². The Morgan fingerprint density at radius 1 is 1.38 bits per heavy atom. The minimum absolute atomic E-state index is 0.253. The zero-order valence-electron chi connectivity index (χ0n) is 12.8. The van der Waals surface area contributed by atoms with Gasteiger partial charge < -0.3 is 15.2 Å². The van der Waals surface area contributed by atoms with Crippen molar-refractivity contribution in [2.24, 2.45) is 0 Å². The van der Waals surface area contributed by atoms with Crippen molar-refractivity contribution < 1.29 is 19.4 Å². The molecule has 21 heavy (non-hydrogen) atoms. The van der Waals surface area contributed by atoms with E-state index in [1.807, 2.05) is 26.0 Å². The summed E-state index contributed by atoms with van der Waals surface area (Å²) in [5, 5.41) is 11.9.